The minimum absolute atomic E-state index is 0.116. The SMILES string of the molecule is CC(C)(C)OC(=O)CCC(=O)N1CCC2CCCCC2C1. The molecule has 0 aromatic rings. The van der Waals surface area contributed by atoms with Gasteiger partial charge in [-0.15, -0.1) is 0 Å². The highest BCUT2D eigenvalue weighted by Crippen LogP contribution is 2.36. The van der Waals surface area contributed by atoms with Crippen molar-refractivity contribution in [2.75, 3.05) is 13.1 Å². The maximum absolute atomic E-state index is 12.3. The van der Waals surface area contributed by atoms with Gasteiger partial charge in [0.1, 0.15) is 5.60 Å². The summed E-state index contributed by atoms with van der Waals surface area (Å²) in [5.41, 5.74) is -0.472. The second-order valence-corrected chi connectivity index (χ2v) is 7.52. The number of carbonyl (C=O) groups is 2. The van der Waals surface area contributed by atoms with Crippen molar-refractivity contribution in [3.8, 4) is 0 Å². The molecule has 120 valence electrons. The highest BCUT2D eigenvalue weighted by molar-refractivity contribution is 5.81. The topological polar surface area (TPSA) is 46.6 Å². The second-order valence-electron chi connectivity index (χ2n) is 7.52. The molecule has 1 saturated heterocycles. The first kappa shape index (κ1) is 16.3. The smallest absolute Gasteiger partial charge is 0.306 e. The first-order chi connectivity index (χ1) is 9.85. The summed E-state index contributed by atoms with van der Waals surface area (Å²) in [5, 5.41) is 0. The van der Waals surface area contributed by atoms with Crippen LogP contribution in [0.3, 0.4) is 0 Å². The molecule has 2 fully saturated rings. The van der Waals surface area contributed by atoms with Crippen LogP contribution in [0, 0.1) is 11.8 Å². The predicted octanol–water partition coefficient (Wildman–Crippen LogP) is 3.15. The Balaban J connectivity index is 1.75. The lowest BCUT2D eigenvalue weighted by molar-refractivity contribution is -0.156. The summed E-state index contributed by atoms with van der Waals surface area (Å²) >= 11 is 0. The molecule has 1 saturated carbocycles. The van der Waals surface area contributed by atoms with Gasteiger partial charge in [-0.3, -0.25) is 9.59 Å². The minimum Gasteiger partial charge on any atom is -0.460 e. The molecule has 2 unspecified atom stereocenters. The van der Waals surface area contributed by atoms with Gasteiger partial charge in [-0.2, -0.15) is 0 Å². The highest BCUT2D eigenvalue weighted by atomic mass is 16.6. The van der Waals surface area contributed by atoms with Crippen LogP contribution in [0.25, 0.3) is 0 Å². The van der Waals surface area contributed by atoms with Crippen molar-refractivity contribution in [1.82, 2.24) is 4.90 Å². The van der Waals surface area contributed by atoms with Crippen LogP contribution in [0.1, 0.15) is 65.7 Å². The third-order valence-electron chi connectivity index (χ3n) is 4.61. The Hall–Kier alpha value is -1.06. The van der Waals surface area contributed by atoms with Gasteiger partial charge in [-0.25, -0.2) is 0 Å². The van der Waals surface area contributed by atoms with Crippen molar-refractivity contribution < 1.29 is 14.3 Å². The molecule has 21 heavy (non-hydrogen) atoms. The van der Waals surface area contributed by atoms with Crippen LogP contribution in [0.5, 0.6) is 0 Å². The van der Waals surface area contributed by atoms with E-state index in [1.54, 1.807) is 0 Å². The maximum atomic E-state index is 12.3. The Morgan fingerprint density at radius 2 is 1.71 bits per heavy atom. The number of rotatable bonds is 3. The first-order valence-corrected chi connectivity index (χ1v) is 8.35. The summed E-state index contributed by atoms with van der Waals surface area (Å²) in [4.78, 5) is 25.9. The Morgan fingerprint density at radius 3 is 2.38 bits per heavy atom. The molecule has 1 aliphatic carbocycles. The highest BCUT2D eigenvalue weighted by Gasteiger charge is 2.32. The van der Waals surface area contributed by atoms with Crippen molar-refractivity contribution in [2.45, 2.75) is 71.3 Å². The van der Waals surface area contributed by atoms with Crippen molar-refractivity contribution in [3.63, 3.8) is 0 Å². The zero-order valence-corrected chi connectivity index (χ0v) is 13.7. The van der Waals surface area contributed by atoms with Gasteiger partial charge in [0.15, 0.2) is 0 Å². The first-order valence-electron chi connectivity index (χ1n) is 8.35. The van der Waals surface area contributed by atoms with Gasteiger partial charge in [-0.1, -0.05) is 19.3 Å². The molecule has 2 atom stereocenters. The van der Waals surface area contributed by atoms with Crippen molar-refractivity contribution in [1.29, 1.82) is 0 Å². The van der Waals surface area contributed by atoms with Crippen molar-refractivity contribution in [2.24, 2.45) is 11.8 Å². The van der Waals surface area contributed by atoms with E-state index in [0.717, 1.165) is 25.4 Å². The summed E-state index contributed by atoms with van der Waals surface area (Å²) in [5.74, 6) is 1.36. The van der Waals surface area contributed by atoms with Gasteiger partial charge >= 0.3 is 5.97 Å². The molecule has 0 aromatic carbocycles. The molecule has 4 nitrogen and oxygen atoms in total. The van der Waals surface area contributed by atoms with E-state index < -0.39 is 5.60 Å². The molecule has 2 aliphatic rings. The lowest BCUT2D eigenvalue weighted by atomic mass is 9.75. The second kappa shape index (κ2) is 6.80. The lowest BCUT2D eigenvalue weighted by Gasteiger charge is -2.41. The van der Waals surface area contributed by atoms with E-state index in [-0.39, 0.29) is 24.7 Å². The predicted molar refractivity (Wildman–Crippen MR) is 81.7 cm³/mol. The van der Waals surface area contributed by atoms with E-state index in [4.69, 9.17) is 4.74 Å². The van der Waals surface area contributed by atoms with Gasteiger partial charge in [0, 0.05) is 19.5 Å². The lowest BCUT2D eigenvalue weighted by Crippen LogP contribution is -2.44. The summed E-state index contributed by atoms with van der Waals surface area (Å²) in [7, 11) is 0. The van der Waals surface area contributed by atoms with Crippen LogP contribution in [0.15, 0.2) is 0 Å². The Morgan fingerprint density at radius 1 is 1.05 bits per heavy atom. The number of hydrogen-bond acceptors (Lipinski definition) is 3. The van der Waals surface area contributed by atoms with Crippen molar-refractivity contribution in [3.05, 3.63) is 0 Å². The normalized spacial score (nSPS) is 26.1. The number of ether oxygens (including phenoxy) is 1. The van der Waals surface area contributed by atoms with E-state index in [9.17, 15) is 9.59 Å². The number of esters is 1. The number of nitrogens with zero attached hydrogens (tertiary/aromatic N) is 1. The molecule has 1 heterocycles. The Bertz CT molecular complexity index is 386. The molecule has 0 spiro atoms. The van der Waals surface area contributed by atoms with Crippen molar-refractivity contribution >= 4 is 11.9 Å². The van der Waals surface area contributed by atoms with Crippen LogP contribution in [0.4, 0.5) is 0 Å². The number of amides is 1. The van der Waals surface area contributed by atoms with Gasteiger partial charge in [0.2, 0.25) is 5.91 Å². The summed E-state index contributed by atoms with van der Waals surface area (Å²) in [6.07, 6.45) is 6.88. The van der Waals surface area contributed by atoms with E-state index in [0.29, 0.717) is 5.92 Å². The van der Waals surface area contributed by atoms with E-state index in [1.165, 1.54) is 25.7 Å². The molecule has 0 bridgehead atoms. The molecule has 4 heteroatoms. The fraction of sp³-hybridized carbons (Fsp3) is 0.882. The van der Waals surface area contributed by atoms with Crippen LogP contribution in [-0.2, 0) is 14.3 Å². The van der Waals surface area contributed by atoms with E-state index in [2.05, 4.69) is 0 Å². The zero-order chi connectivity index (χ0) is 15.5. The van der Waals surface area contributed by atoms with E-state index in [1.807, 2.05) is 25.7 Å². The number of carbonyl (C=O) groups excluding carboxylic acids is 2. The van der Waals surface area contributed by atoms with Crippen LogP contribution in [-0.4, -0.2) is 35.5 Å². The fourth-order valence-corrected chi connectivity index (χ4v) is 3.59. The average molecular weight is 295 g/mol. The summed E-state index contributed by atoms with van der Waals surface area (Å²) in [6, 6.07) is 0. The Labute approximate surface area is 128 Å². The third kappa shape index (κ3) is 5.01. The monoisotopic (exact) mass is 295 g/mol. The van der Waals surface area contributed by atoms with Crippen LogP contribution < -0.4 is 0 Å². The number of hydrogen-bond donors (Lipinski definition) is 0. The molecule has 0 N–H and O–H groups in total. The minimum atomic E-state index is -0.472. The van der Waals surface area contributed by atoms with Crippen LogP contribution >= 0.6 is 0 Å². The molecule has 1 amide bonds. The van der Waals surface area contributed by atoms with Gasteiger partial charge in [0.25, 0.3) is 0 Å². The van der Waals surface area contributed by atoms with E-state index >= 15 is 0 Å². The number of piperidine rings is 1. The van der Waals surface area contributed by atoms with Gasteiger partial charge in [0.05, 0.1) is 6.42 Å². The zero-order valence-electron chi connectivity index (χ0n) is 13.7. The number of likely N-dealkylation sites (tertiary alicyclic amines) is 1. The standard InChI is InChI=1S/C17H29NO3/c1-17(2,3)21-16(20)9-8-15(19)18-11-10-13-6-4-5-7-14(13)12-18/h13-14H,4-12H2,1-3H3. The maximum Gasteiger partial charge on any atom is 0.306 e. The molecule has 0 aromatic heterocycles. The largest absolute Gasteiger partial charge is 0.460 e. The Kier molecular flexibility index (Phi) is 5.28. The third-order valence-corrected chi connectivity index (χ3v) is 4.61. The molecular formula is C17H29NO3. The molecular weight excluding hydrogens is 266 g/mol. The van der Waals surface area contributed by atoms with Gasteiger partial charge in [-0.05, 0) is 45.4 Å². The van der Waals surface area contributed by atoms with Gasteiger partial charge < -0.3 is 9.64 Å². The van der Waals surface area contributed by atoms with Crippen LogP contribution in [0.2, 0.25) is 0 Å². The summed E-state index contributed by atoms with van der Waals surface area (Å²) < 4.78 is 5.25. The summed E-state index contributed by atoms with van der Waals surface area (Å²) in [6.45, 7) is 7.31. The molecule has 2 rings (SSSR count). The molecule has 0 radical (unpaired) electrons. The quantitative estimate of drug-likeness (QED) is 0.751. The number of fused-ring (bicyclic) bond motifs is 1. The molecule has 1 aliphatic heterocycles. The average Bonchev–Trinajstić information content (AvgIpc) is 2.42. The fourth-order valence-electron chi connectivity index (χ4n) is 3.59.